The van der Waals surface area contributed by atoms with Gasteiger partial charge in [0.05, 0.1) is 22.7 Å². The van der Waals surface area contributed by atoms with E-state index in [1.54, 1.807) is 50.2 Å². The average molecular weight is 613 g/mol. The Labute approximate surface area is 243 Å². The molecule has 8 nitrogen and oxygen atoms in total. The van der Waals surface area contributed by atoms with E-state index in [4.69, 9.17) is 39.5 Å². The molecule has 3 rings (SSSR count). The van der Waals surface area contributed by atoms with Gasteiger partial charge in [0, 0.05) is 28.7 Å². The standard InChI is InChI=1S/C27H28Cl3N3O5S/c1-4-31-27(35)18(2)32(16-21-22(28)11-8-12-23(21)29)26(34)17-33(19-13-14-25(38-3)24(30)15-19)39(36,37)20-9-6-5-7-10-20/h5-15,18H,4,16-17H2,1-3H3,(H,31,35)/t18-/m1/s1. The summed E-state index contributed by atoms with van der Waals surface area (Å²) < 4.78 is 33.7. The van der Waals surface area contributed by atoms with Crippen molar-refractivity contribution in [2.24, 2.45) is 0 Å². The van der Waals surface area contributed by atoms with Crippen LogP contribution in [0.2, 0.25) is 15.1 Å². The smallest absolute Gasteiger partial charge is 0.264 e. The number of anilines is 1. The van der Waals surface area contributed by atoms with Crippen LogP contribution >= 0.6 is 34.8 Å². The number of hydrogen-bond acceptors (Lipinski definition) is 5. The molecule has 1 N–H and O–H groups in total. The molecule has 208 valence electrons. The van der Waals surface area contributed by atoms with Crippen molar-refractivity contribution in [3.8, 4) is 5.75 Å². The number of methoxy groups -OCH3 is 1. The molecular formula is C27H28Cl3N3O5S. The van der Waals surface area contributed by atoms with E-state index in [0.29, 0.717) is 27.9 Å². The summed E-state index contributed by atoms with van der Waals surface area (Å²) in [6.07, 6.45) is 0. The molecule has 0 heterocycles. The number of benzene rings is 3. The van der Waals surface area contributed by atoms with E-state index in [-0.39, 0.29) is 22.2 Å². The molecule has 0 spiro atoms. The van der Waals surface area contributed by atoms with Crippen molar-refractivity contribution in [3.63, 3.8) is 0 Å². The highest BCUT2D eigenvalue weighted by Crippen LogP contribution is 2.32. The van der Waals surface area contributed by atoms with Crippen molar-refractivity contribution in [2.75, 3.05) is 24.5 Å². The number of ether oxygens (including phenoxy) is 1. The molecule has 1 atom stereocenters. The zero-order valence-corrected chi connectivity index (χ0v) is 24.6. The minimum atomic E-state index is -4.23. The quantitative estimate of drug-likeness (QED) is 0.313. The van der Waals surface area contributed by atoms with E-state index in [2.05, 4.69) is 5.32 Å². The van der Waals surface area contributed by atoms with Gasteiger partial charge in [0.25, 0.3) is 10.0 Å². The number of carbonyl (C=O) groups is 2. The van der Waals surface area contributed by atoms with Crippen LogP contribution in [0.1, 0.15) is 19.4 Å². The first-order valence-corrected chi connectivity index (χ1v) is 14.5. The van der Waals surface area contributed by atoms with Gasteiger partial charge in [-0.05, 0) is 56.3 Å². The van der Waals surface area contributed by atoms with Crippen LogP contribution in [0.4, 0.5) is 5.69 Å². The molecule has 0 aromatic heterocycles. The number of amides is 2. The molecule has 12 heteroatoms. The van der Waals surface area contributed by atoms with E-state index in [1.165, 1.54) is 42.3 Å². The van der Waals surface area contributed by atoms with Crippen LogP contribution in [-0.4, -0.2) is 51.4 Å². The lowest BCUT2D eigenvalue weighted by atomic mass is 10.1. The summed E-state index contributed by atoms with van der Waals surface area (Å²) in [6.45, 7) is 2.89. The molecule has 0 saturated carbocycles. The highest BCUT2D eigenvalue weighted by molar-refractivity contribution is 7.92. The first-order chi connectivity index (χ1) is 18.5. The molecule has 0 fully saturated rings. The van der Waals surface area contributed by atoms with E-state index < -0.39 is 34.4 Å². The molecule has 0 aliphatic rings. The van der Waals surface area contributed by atoms with Crippen LogP contribution in [0.25, 0.3) is 0 Å². The third-order valence-corrected chi connectivity index (χ3v) is 8.73. The van der Waals surface area contributed by atoms with E-state index in [9.17, 15) is 18.0 Å². The summed E-state index contributed by atoms with van der Waals surface area (Å²) in [5, 5.41) is 3.46. The Balaban J connectivity index is 2.09. The van der Waals surface area contributed by atoms with Gasteiger partial charge in [-0.2, -0.15) is 0 Å². The molecule has 2 amide bonds. The van der Waals surface area contributed by atoms with Crippen LogP contribution in [0, 0.1) is 0 Å². The van der Waals surface area contributed by atoms with Gasteiger partial charge < -0.3 is 15.0 Å². The minimum Gasteiger partial charge on any atom is -0.495 e. The van der Waals surface area contributed by atoms with Crippen LogP contribution in [0.5, 0.6) is 5.75 Å². The number of nitrogens with zero attached hydrogens (tertiary/aromatic N) is 2. The second kappa shape index (κ2) is 13.4. The Hall–Kier alpha value is -2.98. The maximum atomic E-state index is 13.9. The van der Waals surface area contributed by atoms with Crippen molar-refractivity contribution in [1.82, 2.24) is 10.2 Å². The van der Waals surface area contributed by atoms with Crippen molar-refractivity contribution < 1.29 is 22.7 Å². The van der Waals surface area contributed by atoms with E-state index >= 15 is 0 Å². The Morgan fingerprint density at radius 3 is 2.15 bits per heavy atom. The van der Waals surface area contributed by atoms with Gasteiger partial charge in [0.1, 0.15) is 18.3 Å². The first kappa shape index (κ1) is 30.6. The largest absolute Gasteiger partial charge is 0.495 e. The molecule has 0 radical (unpaired) electrons. The zero-order valence-electron chi connectivity index (χ0n) is 21.5. The van der Waals surface area contributed by atoms with Crippen molar-refractivity contribution in [2.45, 2.75) is 31.3 Å². The number of carbonyl (C=O) groups excluding carboxylic acids is 2. The Bertz CT molecular complexity index is 1420. The molecule has 0 unspecified atom stereocenters. The highest BCUT2D eigenvalue weighted by atomic mass is 35.5. The monoisotopic (exact) mass is 611 g/mol. The van der Waals surface area contributed by atoms with Gasteiger partial charge in [0.2, 0.25) is 11.8 Å². The summed E-state index contributed by atoms with van der Waals surface area (Å²) in [6, 6.07) is 16.0. The Morgan fingerprint density at radius 1 is 0.949 bits per heavy atom. The molecular weight excluding hydrogens is 585 g/mol. The third-order valence-electron chi connectivity index (χ3n) is 5.94. The predicted molar refractivity (Wildman–Crippen MR) is 154 cm³/mol. The minimum absolute atomic E-state index is 0.0257. The second-order valence-corrected chi connectivity index (χ2v) is 11.5. The van der Waals surface area contributed by atoms with Crippen LogP contribution in [-0.2, 0) is 26.2 Å². The third kappa shape index (κ3) is 7.16. The maximum Gasteiger partial charge on any atom is 0.264 e. The summed E-state index contributed by atoms with van der Waals surface area (Å²) >= 11 is 19.0. The zero-order chi connectivity index (χ0) is 28.7. The number of hydrogen-bond donors (Lipinski definition) is 1. The normalized spacial score (nSPS) is 11.9. The molecule has 3 aromatic rings. The highest BCUT2D eigenvalue weighted by Gasteiger charge is 2.33. The lowest BCUT2D eigenvalue weighted by molar-refractivity contribution is -0.139. The average Bonchev–Trinajstić information content (AvgIpc) is 2.91. The second-order valence-electron chi connectivity index (χ2n) is 8.44. The summed E-state index contributed by atoms with van der Waals surface area (Å²) in [7, 11) is -2.80. The van der Waals surface area contributed by atoms with E-state index in [1.807, 2.05) is 0 Å². The van der Waals surface area contributed by atoms with Gasteiger partial charge in [-0.15, -0.1) is 0 Å². The van der Waals surface area contributed by atoms with Crippen LogP contribution < -0.4 is 14.4 Å². The summed E-state index contributed by atoms with van der Waals surface area (Å²) in [4.78, 5) is 27.9. The topological polar surface area (TPSA) is 96.0 Å². The van der Waals surface area contributed by atoms with Gasteiger partial charge in [-0.25, -0.2) is 8.42 Å². The maximum absolute atomic E-state index is 13.9. The number of sulfonamides is 1. The fourth-order valence-electron chi connectivity index (χ4n) is 3.82. The van der Waals surface area contributed by atoms with Gasteiger partial charge >= 0.3 is 0 Å². The van der Waals surface area contributed by atoms with Crippen LogP contribution in [0.15, 0.2) is 71.6 Å². The lowest BCUT2D eigenvalue weighted by Crippen LogP contribution is -2.51. The number of likely N-dealkylation sites (N-methyl/N-ethyl adjacent to an activating group) is 1. The Kier molecular flexibility index (Phi) is 10.5. The van der Waals surface area contributed by atoms with Crippen molar-refractivity contribution in [1.29, 1.82) is 0 Å². The SMILES string of the molecule is CCNC(=O)[C@@H](C)N(Cc1c(Cl)cccc1Cl)C(=O)CN(c1ccc(OC)c(Cl)c1)S(=O)(=O)c1ccccc1. The summed E-state index contributed by atoms with van der Waals surface area (Å²) in [5.74, 6) is -0.737. The van der Waals surface area contributed by atoms with Gasteiger partial charge in [0.15, 0.2) is 0 Å². The van der Waals surface area contributed by atoms with Crippen molar-refractivity contribution in [3.05, 3.63) is 87.4 Å². The number of halogens is 3. The molecule has 0 saturated heterocycles. The van der Waals surface area contributed by atoms with E-state index in [0.717, 1.165) is 4.31 Å². The molecule has 0 aliphatic carbocycles. The van der Waals surface area contributed by atoms with Crippen molar-refractivity contribution >= 4 is 62.3 Å². The number of rotatable bonds is 11. The number of nitrogens with one attached hydrogen (secondary N) is 1. The van der Waals surface area contributed by atoms with Crippen LogP contribution in [0.3, 0.4) is 0 Å². The fourth-order valence-corrected chi connectivity index (χ4v) is 6.01. The molecule has 0 aliphatic heterocycles. The lowest BCUT2D eigenvalue weighted by Gasteiger charge is -2.32. The summed E-state index contributed by atoms with van der Waals surface area (Å²) in [5.41, 5.74) is 0.565. The Morgan fingerprint density at radius 2 is 1.59 bits per heavy atom. The first-order valence-electron chi connectivity index (χ1n) is 11.9. The predicted octanol–water partition coefficient (Wildman–Crippen LogP) is 5.40. The van der Waals surface area contributed by atoms with Gasteiger partial charge in [-0.1, -0.05) is 59.1 Å². The molecule has 39 heavy (non-hydrogen) atoms. The van der Waals surface area contributed by atoms with Gasteiger partial charge in [-0.3, -0.25) is 13.9 Å². The molecule has 3 aromatic carbocycles. The molecule has 0 bridgehead atoms. The fraction of sp³-hybridized carbons (Fsp3) is 0.259.